The summed E-state index contributed by atoms with van der Waals surface area (Å²) in [6.07, 6.45) is 7.98. The van der Waals surface area contributed by atoms with Gasteiger partial charge in [-0.2, -0.15) is 4.99 Å². The van der Waals surface area contributed by atoms with Crippen molar-refractivity contribution in [3.05, 3.63) is 176 Å². The molecule has 13 heteroatoms. The predicted octanol–water partition coefficient (Wildman–Crippen LogP) is 8.73. The monoisotopic (exact) mass is 820 g/mol. The molecule has 1 N–H and O–H groups in total. The first-order valence-corrected chi connectivity index (χ1v) is 18.9. The molecular formula is C42H37BrN4O7S. The van der Waals surface area contributed by atoms with E-state index in [1.165, 1.54) is 23.1 Å². The van der Waals surface area contributed by atoms with Crippen LogP contribution in [0.3, 0.4) is 0 Å². The zero-order valence-corrected chi connectivity index (χ0v) is 32.4. The number of carbonyl (C=O) groups excluding carboxylic acids is 3. The highest BCUT2D eigenvalue weighted by molar-refractivity contribution is 9.10. The van der Waals surface area contributed by atoms with Crippen LogP contribution in [0.4, 0.5) is 5.69 Å². The number of carbonyl (C=O) groups is 3. The summed E-state index contributed by atoms with van der Waals surface area (Å²) in [4.78, 5) is 57.7. The Labute approximate surface area is 331 Å². The van der Waals surface area contributed by atoms with Crippen LogP contribution in [-0.2, 0) is 21.0 Å². The summed E-state index contributed by atoms with van der Waals surface area (Å²) in [5.74, 6) is -1.22. The van der Waals surface area contributed by atoms with Crippen LogP contribution >= 0.6 is 27.7 Å². The Kier molecular flexibility index (Phi) is 14.1. The minimum Gasteiger partial charge on any atom is -0.490 e. The number of rotatable bonds is 15. The summed E-state index contributed by atoms with van der Waals surface area (Å²) in [5, 5.41) is 14.4. The number of nitrogens with zero attached hydrogens (tertiary/aromatic N) is 3. The van der Waals surface area contributed by atoms with Crippen molar-refractivity contribution < 1.29 is 28.8 Å². The molecule has 0 radical (unpaired) electrons. The number of halogens is 1. The summed E-state index contributed by atoms with van der Waals surface area (Å²) in [6.45, 7) is 7.57. The summed E-state index contributed by atoms with van der Waals surface area (Å²) >= 11 is 4.50. The van der Waals surface area contributed by atoms with Gasteiger partial charge in [-0.15, -0.1) is 0 Å². The Hall–Kier alpha value is -6.05. The molecule has 1 heterocycles. The molecule has 0 atom stereocenters. The van der Waals surface area contributed by atoms with E-state index < -0.39 is 22.8 Å². The maximum Gasteiger partial charge on any atom is 0.285 e. The standard InChI is InChI=1S/C42H37BrN4O7S/c1-4-7-20-32(5-2)46-41(50)34(23-31-24-36(53-6-3)37(25-35(31)43)54-26-28-15-14-21-33(22-28)47(51)52)40(49)45-42(46)55-27-38(48)44-39(29-16-10-8-11-17-29)30-18-12-9-13-19-30/h4-5,7-25,39H,1,6,26-27H2,2-3H3,(H,44,48)/b20-7-,32-5+,34-23+. The maximum atomic E-state index is 14.3. The van der Waals surface area contributed by atoms with Crippen molar-refractivity contribution in [2.45, 2.75) is 26.5 Å². The average Bonchev–Trinajstić information content (AvgIpc) is 3.19. The third kappa shape index (κ3) is 10.3. The van der Waals surface area contributed by atoms with Crippen LogP contribution in [0.1, 0.15) is 42.1 Å². The molecule has 4 aromatic carbocycles. The molecule has 1 aliphatic rings. The lowest BCUT2D eigenvalue weighted by molar-refractivity contribution is -0.384. The van der Waals surface area contributed by atoms with Gasteiger partial charge in [0.15, 0.2) is 16.7 Å². The van der Waals surface area contributed by atoms with E-state index in [1.807, 2.05) is 60.7 Å². The number of nitrogens with one attached hydrogen (secondary N) is 1. The number of nitro benzene ring substituents is 1. The number of hydrogen-bond donors (Lipinski definition) is 1. The Morgan fingerprint density at radius 1 is 1.00 bits per heavy atom. The third-order valence-corrected chi connectivity index (χ3v) is 9.72. The van der Waals surface area contributed by atoms with Crippen molar-refractivity contribution in [1.82, 2.24) is 10.2 Å². The number of hydrogen-bond acceptors (Lipinski definition) is 8. The van der Waals surface area contributed by atoms with E-state index in [9.17, 15) is 24.5 Å². The molecule has 0 unspecified atom stereocenters. The fourth-order valence-corrected chi connectivity index (χ4v) is 6.76. The highest BCUT2D eigenvalue weighted by Crippen LogP contribution is 2.37. The molecule has 1 aliphatic heterocycles. The van der Waals surface area contributed by atoms with Crippen molar-refractivity contribution in [3.63, 3.8) is 0 Å². The number of allylic oxidation sites excluding steroid dienone is 4. The molecule has 0 spiro atoms. The first kappa shape index (κ1) is 40.1. The zero-order valence-electron chi connectivity index (χ0n) is 30.0. The lowest BCUT2D eigenvalue weighted by Crippen LogP contribution is -2.42. The topological polar surface area (TPSA) is 140 Å². The molecule has 0 bridgehead atoms. The molecule has 3 amide bonds. The summed E-state index contributed by atoms with van der Waals surface area (Å²) < 4.78 is 12.3. The molecular weight excluding hydrogens is 784 g/mol. The summed E-state index contributed by atoms with van der Waals surface area (Å²) in [7, 11) is 0. The summed E-state index contributed by atoms with van der Waals surface area (Å²) in [5.41, 5.74) is 2.95. The van der Waals surface area contributed by atoms with Crippen LogP contribution < -0.4 is 14.8 Å². The van der Waals surface area contributed by atoms with Crippen LogP contribution in [0, 0.1) is 10.1 Å². The molecule has 0 fully saturated rings. The van der Waals surface area contributed by atoms with Crippen molar-refractivity contribution in [1.29, 1.82) is 0 Å². The van der Waals surface area contributed by atoms with Gasteiger partial charge in [0, 0.05) is 22.3 Å². The van der Waals surface area contributed by atoms with Gasteiger partial charge in [-0.1, -0.05) is 125 Å². The average molecular weight is 822 g/mol. The molecule has 55 heavy (non-hydrogen) atoms. The molecule has 4 aromatic rings. The van der Waals surface area contributed by atoms with E-state index in [4.69, 9.17) is 9.47 Å². The van der Waals surface area contributed by atoms with Gasteiger partial charge >= 0.3 is 0 Å². The van der Waals surface area contributed by atoms with E-state index in [1.54, 1.807) is 62.4 Å². The predicted molar refractivity (Wildman–Crippen MR) is 218 cm³/mol. The van der Waals surface area contributed by atoms with Gasteiger partial charge in [-0.3, -0.25) is 29.4 Å². The van der Waals surface area contributed by atoms with E-state index in [0.29, 0.717) is 32.8 Å². The molecule has 280 valence electrons. The second kappa shape index (κ2) is 19.3. The minimum absolute atomic E-state index is 0.0251. The van der Waals surface area contributed by atoms with E-state index in [2.05, 4.69) is 32.8 Å². The van der Waals surface area contributed by atoms with E-state index in [0.717, 1.165) is 22.9 Å². The SMILES string of the molecule is C=C/C=C\C(=C/C)N1C(=O)/C(=C/c2cc(OCC)c(OCc3cccc([N+](=O)[O-])c3)cc2Br)C(=O)N=C1SCC(=O)NC(c1ccccc1)c1ccccc1. The molecule has 11 nitrogen and oxygen atoms in total. The fraction of sp³-hybridized carbons (Fsp3) is 0.143. The van der Waals surface area contributed by atoms with Crippen LogP contribution in [-0.4, -0.2) is 45.1 Å². The number of aliphatic imine (C=N–C) groups is 1. The van der Waals surface area contributed by atoms with Gasteiger partial charge in [-0.05, 0) is 60.4 Å². The van der Waals surface area contributed by atoms with Gasteiger partial charge in [0.1, 0.15) is 12.2 Å². The maximum absolute atomic E-state index is 14.3. The van der Waals surface area contributed by atoms with Gasteiger partial charge in [0.25, 0.3) is 17.5 Å². The quantitative estimate of drug-likeness (QED) is 0.0413. The van der Waals surface area contributed by atoms with Gasteiger partial charge < -0.3 is 14.8 Å². The minimum atomic E-state index is -0.783. The lowest BCUT2D eigenvalue weighted by Gasteiger charge is -2.28. The normalized spacial score (nSPS) is 14.0. The van der Waals surface area contributed by atoms with E-state index >= 15 is 0 Å². The second-order valence-electron chi connectivity index (χ2n) is 11.8. The number of thioether (sulfide) groups is 1. The van der Waals surface area contributed by atoms with Crippen LogP contribution in [0.2, 0.25) is 0 Å². The number of benzene rings is 4. The molecule has 0 saturated heterocycles. The number of non-ortho nitro benzene ring substituents is 1. The van der Waals surface area contributed by atoms with Gasteiger partial charge in [0.2, 0.25) is 5.91 Å². The number of ether oxygens (including phenoxy) is 2. The van der Waals surface area contributed by atoms with Crippen molar-refractivity contribution in [2.75, 3.05) is 12.4 Å². The van der Waals surface area contributed by atoms with Crippen LogP contribution in [0.15, 0.2) is 149 Å². The van der Waals surface area contributed by atoms with Gasteiger partial charge in [-0.25, -0.2) is 0 Å². The van der Waals surface area contributed by atoms with Crippen LogP contribution in [0.5, 0.6) is 11.5 Å². The smallest absolute Gasteiger partial charge is 0.285 e. The Bertz CT molecular complexity index is 2160. The largest absolute Gasteiger partial charge is 0.490 e. The molecule has 0 saturated carbocycles. The molecule has 0 aliphatic carbocycles. The van der Waals surface area contributed by atoms with Crippen molar-refractivity contribution >= 4 is 62.3 Å². The Morgan fingerprint density at radius 3 is 2.29 bits per heavy atom. The highest BCUT2D eigenvalue weighted by atomic mass is 79.9. The number of amidine groups is 1. The Morgan fingerprint density at radius 2 is 1.67 bits per heavy atom. The molecule has 5 rings (SSSR count). The fourth-order valence-electron chi connectivity index (χ4n) is 5.51. The number of amides is 3. The van der Waals surface area contributed by atoms with E-state index in [-0.39, 0.29) is 41.3 Å². The number of nitro groups is 1. The van der Waals surface area contributed by atoms with Crippen LogP contribution in [0.25, 0.3) is 6.08 Å². The third-order valence-electron chi connectivity index (χ3n) is 8.09. The lowest BCUT2D eigenvalue weighted by atomic mass is 9.99. The highest BCUT2D eigenvalue weighted by Gasteiger charge is 2.35. The molecule has 0 aromatic heterocycles. The first-order valence-electron chi connectivity index (χ1n) is 17.1. The second-order valence-corrected chi connectivity index (χ2v) is 13.6. The van der Waals surface area contributed by atoms with Crippen molar-refractivity contribution in [3.8, 4) is 11.5 Å². The van der Waals surface area contributed by atoms with Crippen molar-refractivity contribution in [2.24, 2.45) is 4.99 Å². The first-order chi connectivity index (χ1) is 26.6. The van der Waals surface area contributed by atoms with Gasteiger partial charge in [0.05, 0.1) is 23.3 Å². The zero-order chi connectivity index (χ0) is 39.3. The summed E-state index contributed by atoms with van der Waals surface area (Å²) in [6, 6.07) is 28.1. The Balaban J connectivity index is 1.42.